The second kappa shape index (κ2) is 6.64. The smallest absolute Gasteiger partial charge is 0.243 e. The first-order valence-corrected chi connectivity index (χ1v) is 7.20. The number of hydrogen-bond acceptors (Lipinski definition) is 2. The molecule has 0 spiro atoms. The van der Waals surface area contributed by atoms with Crippen molar-refractivity contribution in [2.45, 2.75) is 20.8 Å². The summed E-state index contributed by atoms with van der Waals surface area (Å²) in [6.07, 6.45) is 0. The predicted octanol–water partition coefficient (Wildman–Crippen LogP) is 4.32. The van der Waals surface area contributed by atoms with E-state index in [4.69, 9.17) is 11.6 Å². The van der Waals surface area contributed by atoms with Crippen LogP contribution >= 0.6 is 11.6 Å². The highest BCUT2D eigenvalue weighted by Crippen LogP contribution is 2.20. The number of anilines is 2. The molecule has 4 heteroatoms. The summed E-state index contributed by atoms with van der Waals surface area (Å²) in [6, 6.07) is 11.5. The van der Waals surface area contributed by atoms with E-state index < -0.39 is 0 Å². The van der Waals surface area contributed by atoms with E-state index in [1.165, 1.54) is 0 Å². The number of nitrogens with one attached hydrogen (secondary N) is 2. The number of benzene rings is 2. The second-order valence-electron chi connectivity index (χ2n) is 5.18. The van der Waals surface area contributed by atoms with Gasteiger partial charge in [-0.2, -0.15) is 0 Å². The van der Waals surface area contributed by atoms with E-state index in [2.05, 4.69) is 16.7 Å². The third-order valence-corrected chi connectivity index (χ3v) is 3.53. The Kier molecular flexibility index (Phi) is 4.86. The monoisotopic (exact) mass is 302 g/mol. The summed E-state index contributed by atoms with van der Waals surface area (Å²) in [5.41, 5.74) is 5.00. The highest BCUT2D eigenvalue weighted by molar-refractivity contribution is 6.30. The summed E-state index contributed by atoms with van der Waals surface area (Å²) in [7, 11) is 0. The van der Waals surface area contributed by atoms with Gasteiger partial charge in [0.25, 0.3) is 0 Å². The third kappa shape index (κ3) is 4.23. The van der Waals surface area contributed by atoms with Gasteiger partial charge in [-0.3, -0.25) is 4.79 Å². The van der Waals surface area contributed by atoms with Gasteiger partial charge in [0, 0.05) is 16.4 Å². The van der Waals surface area contributed by atoms with Crippen molar-refractivity contribution in [3.63, 3.8) is 0 Å². The molecule has 0 fully saturated rings. The Morgan fingerprint density at radius 3 is 2.48 bits per heavy atom. The van der Waals surface area contributed by atoms with Crippen LogP contribution in [-0.4, -0.2) is 12.5 Å². The Balaban J connectivity index is 1.97. The molecule has 2 aromatic rings. The van der Waals surface area contributed by atoms with E-state index in [1.54, 1.807) is 6.07 Å². The number of aryl methyl sites for hydroxylation is 3. The van der Waals surface area contributed by atoms with Gasteiger partial charge in [-0.1, -0.05) is 23.7 Å². The molecule has 0 saturated carbocycles. The quantitative estimate of drug-likeness (QED) is 0.883. The fraction of sp³-hybridized carbons (Fsp3) is 0.235. The van der Waals surface area contributed by atoms with Crippen LogP contribution in [-0.2, 0) is 4.79 Å². The number of amides is 1. The van der Waals surface area contributed by atoms with E-state index in [-0.39, 0.29) is 12.5 Å². The summed E-state index contributed by atoms with van der Waals surface area (Å²) in [6.45, 7) is 6.19. The summed E-state index contributed by atoms with van der Waals surface area (Å²) >= 11 is 5.90. The molecule has 3 nitrogen and oxygen atoms in total. The SMILES string of the molecule is Cc1ccc(C)c(NCC(=O)Nc2ccc(Cl)cc2C)c1. The van der Waals surface area contributed by atoms with Crippen molar-refractivity contribution >= 4 is 28.9 Å². The fourth-order valence-electron chi connectivity index (χ4n) is 2.06. The van der Waals surface area contributed by atoms with Crippen LogP contribution in [0.4, 0.5) is 11.4 Å². The van der Waals surface area contributed by atoms with Crippen LogP contribution in [0.2, 0.25) is 5.02 Å². The lowest BCUT2D eigenvalue weighted by Gasteiger charge is -2.12. The lowest BCUT2D eigenvalue weighted by Crippen LogP contribution is -2.22. The third-order valence-electron chi connectivity index (χ3n) is 3.30. The van der Waals surface area contributed by atoms with E-state index in [0.29, 0.717) is 5.02 Å². The van der Waals surface area contributed by atoms with Crippen molar-refractivity contribution < 1.29 is 4.79 Å². The van der Waals surface area contributed by atoms with Gasteiger partial charge in [-0.25, -0.2) is 0 Å². The van der Waals surface area contributed by atoms with Crippen LogP contribution in [0.3, 0.4) is 0 Å². The maximum atomic E-state index is 12.0. The first kappa shape index (κ1) is 15.4. The van der Waals surface area contributed by atoms with Gasteiger partial charge < -0.3 is 10.6 Å². The Morgan fingerprint density at radius 1 is 1.00 bits per heavy atom. The molecule has 0 aliphatic rings. The highest BCUT2D eigenvalue weighted by atomic mass is 35.5. The van der Waals surface area contributed by atoms with Crippen LogP contribution in [0.25, 0.3) is 0 Å². The topological polar surface area (TPSA) is 41.1 Å². The van der Waals surface area contributed by atoms with Crippen molar-refractivity contribution in [2.24, 2.45) is 0 Å². The molecule has 2 N–H and O–H groups in total. The van der Waals surface area contributed by atoms with Crippen molar-refractivity contribution in [3.05, 3.63) is 58.1 Å². The molecule has 21 heavy (non-hydrogen) atoms. The fourth-order valence-corrected chi connectivity index (χ4v) is 2.29. The highest BCUT2D eigenvalue weighted by Gasteiger charge is 2.06. The van der Waals surface area contributed by atoms with Gasteiger partial charge in [0.15, 0.2) is 0 Å². The number of halogens is 1. The molecule has 0 aliphatic carbocycles. The van der Waals surface area contributed by atoms with Crippen LogP contribution in [0.5, 0.6) is 0 Å². The lowest BCUT2D eigenvalue weighted by atomic mass is 10.1. The molecular formula is C17H19ClN2O. The largest absolute Gasteiger partial charge is 0.376 e. The van der Waals surface area contributed by atoms with Crippen molar-refractivity contribution in [3.8, 4) is 0 Å². The van der Waals surface area contributed by atoms with Crippen LogP contribution in [0.15, 0.2) is 36.4 Å². The Labute approximate surface area is 130 Å². The Bertz CT molecular complexity index is 668. The maximum absolute atomic E-state index is 12.0. The number of rotatable bonds is 4. The number of carbonyl (C=O) groups is 1. The van der Waals surface area contributed by atoms with Crippen molar-refractivity contribution in [1.29, 1.82) is 0 Å². The number of hydrogen-bond donors (Lipinski definition) is 2. The zero-order valence-corrected chi connectivity index (χ0v) is 13.2. The molecule has 0 aliphatic heterocycles. The zero-order valence-electron chi connectivity index (χ0n) is 12.5. The average Bonchev–Trinajstić information content (AvgIpc) is 2.43. The maximum Gasteiger partial charge on any atom is 0.243 e. The average molecular weight is 303 g/mol. The van der Waals surface area contributed by atoms with Gasteiger partial charge in [0.1, 0.15) is 0 Å². The van der Waals surface area contributed by atoms with E-state index in [0.717, 1.165) is 28.1 Å². The molecule has 0 bridgehead atoms. The standard InChI is InChI=1S/C17H19ClN2O/c1-11-4-5-12(2)16(8-11)19-10-17(21)20-15-7-6-14(18)9-13(15)3/h4-9,19H,10H2,1-3H3,(H,20,21). The molecule has 0 atom stereocenters. The lowest BCUT2D eigenvalue weighted by molar-refractivity contribution is -0.114. The molecule has 0 aromatic heterocycles. The minimum absolute atomic E-state index is 0.0821. The minimum Gasteiger partial charge on any atom is -0.376 e. The van der Waals surface area contributed by atoms with E-state index in [9.17, 15) is 4.79 Å². The Morgan fingerprint density at radius 2 is 1.76 bits per heavy atom. The molecule has 2 aromatic carbocycles. The normalized spacial score (nSPS) is 10.3. The summed E-state index contributed by atoms with van der Waals surface area (Å²) < 4.78 is 0. The van der Waals surface area contributed by atoms with Crippen LogP contribution < -0.4 is 10.6 Å². The minimum atomic E-state index is -0.0821. The van der Waals surface area contributed by atoms with Gasteiger partial charge in [-0.15, -0.1) is 0 Å². The molecular weight excluding hydrogens is 284 g/mol. The first-order chi connectivity index (χ1) is 9.95. The molecule has 2 rings (SSSR count). The molecule has 110 valence electrons. The van der Waals surface area contributed by atoms with Gasteiger partial charge in [0.2, 0.25) is 5.91 Å². The van der Waals surface area contributed by atoms with Crippen molar-refractivity contribution in [1.82, 2.24) is 0 Å². The Hall–Kier alpha value is -2.00. The van der Waals surface area contributed by atoms with Crippen molar-refractivity contribution in [2.75, 3.05) is 17.2 Å². The summed E-state index contributed by atoms with van der Waals surface area (Å²) in [4.78, 5) is 12.0. The van der Waals surface area contributed by atoms with Gasteiger partial charge >= 0.3 is 0 Å². The number of carbonyl (C=O) groups excluding carboxylic acids is 1. The molecule has 0 heterocycles. The van der Waals surface area contributed by atoms with Crippen LogP contribution in [0, 0.1) is 20.8 Å². The summed E-state index contributed by atoms with van der Waals surface area (Å²) in [5.74, 6) is -0.0821. The van der Waals surface area contributed by atoms with E-state index in [1.807, 2.05) is 45.0 Å². The van der Waals surface area contributed by atoms with Crippen LogP contribution in [0.1, 0.15) is 16.7 Å². The molecule has 0 radical (unpaired) electrons. The summed E-state index contributed by atoms with van der Waals surface area (Å²) in [5, 5.41) is 6.71. The van der Waals surface area contributed by atoms with Gasteiger partial charge in [-0.05, 0) is 61.7 Å². The molecule has 1 amide bonds. The molecule has 0 unspecified atom stereocenters. The zero-order chi connectivity index (χ0) is 15.4. The second-order valence-corrected chi connectivity index (χ2v) is 5.62. The van der Waals surface area contributed by atoms with Gasteiger partial charge in [0.05, 0.1) is 6.54 Å². The van der Waals surface area contributed by atoms with E-state index >= 15 is 0 Å². The predicted molar refractivity (Wildman–Crippen MR) is 89.2 cm³/mol. The molecule has 0 saturated heterocycles. The first-order valence-electron chi connectivity index (χ1n) is 6.83.